The summed E-state index contributed by atoms with van der Waals surface area (Å²) in [6.07, 6.45) is 2.88. The van der Waals surface area contributed by atoms with Crippen molar-refractivity contribution in [2.24, 2.45) is 5.92 Å². The van der Waals surface area contributed by atoms with E-state index < -0.39 is 0 Å². The first-order valence-electron chi connectivity index (χ1n) is 6.85. The van der Waals surface area contributed by atoms with Gasteiger partial charge in [-0.05, 0) is 32.1 Å². The first-order chi connectivity index (χ1) is 8.58. The normalized spacial score (nSPS) is 22.7. The molecule has 5 nitrogen and oxygen atoms in total. The fourth-order valence-electron chi connectivity index (χ4n) is 2.17. The quantitative estimate of drug-likeness (QED) is 0.585. The Morgan fingerprint density at radius 3 is 2.89 bits per heavy atom. The van der Waals surface area contributed by atoms with Crippen molar-refractivity contribution in [2.75, 3.05) is 26.2 Å². The van der Waals surface area contributed by atoms with Crippen LogP contribution in [-0.4, -0.2) is 49.5 Å². The highest BCUT2D eigenvalue weighted by Crippen LogP contribution is 2.10. The summed E-state index contributed by atoms with van der Waals surface area (Å²) in [4.78, 5) is 11.5. The van der Waals surface area contributed by atoms with Crippen molar-refractivity contribution in [1.82, 2.24) is 10.6 Å². The molecule has 18 heavy (non-hydrogen) atoms. The average molecular weight is 258 g/mol. The number of rotatable bonds is 8. The maximum Gasteiger partial charge on any atom is 0.233 e. The second-order valence-electron chi connectivity index (χ2n) is 5.26. The molecule has 1 aliphatic heterocycles. The number of ether oxygens (including phenoxy) is 1. The summed E-state index contributed by atoms with van der Waals surface area (Å²) < 4.78 is 5.45. The molecule has 106 valence electrons. The van der Waals surface area contributed by atoms with Crippen molar-refractivity contribution in [3.8, 4) is 0 Å². The molecule has 0 bridgehead atoms. The van der Waals surface area contributed by atoms with E-state index in [1.54, 1.807) is 6.92 Å². The topological polar surface area (TPSA) is 70.6 Å². The van der Waals surface area contributed by atoms with Gasteiger partial charge in [0.15, 0.2) is 0 Å². The lowest BCUT2D eigenvalue weighted by Crippen LogP contribution is -2.39. The van der Waals surface area contributed by atoms with Gasteiger partial charge in [0.1, 0.15) is 0 Å². The van der Waals surface area contributed by atoms with Crippen molar-refractivity contribution < 1.29 is 14.6 Å². The summed E-state index contributed by atoms with van der Waals surface area (Å²) in [7, 11) is 0. The minimum Gasteiger partial charge on any atom is -0.393 e. The van der Waals surface area contributed by atoms with Crippen molar-refractivity contribution >= 4 is 5.91 Å². The maximum atomic E-state index is 11.5. The number of amides is 1. The molecule has 1 amide bonds. The molecule has 1 fully saturated rings. The minimum atomic E-state index is -0.311. The van der Waals surface area contributed by atoms with E-state index in [9.17, 15) is 9.90 Å². The van der Waals surface area contributed by atoms with Crippen LogP contribution in [0.3, 0.4) is 0 Å². The molecular formula is C13H26N2O3. The molecule has 0 saturated carbocycles. The highest BCUT2D eigenvalue weighted by atomic mass is 16.5. The Bertz CT molecular complexity index is 240. The monoisotopic (exact) mass is 258 g/mol. The van der Waals surface area contributed by atoms with Gasteiger partial charge in [0.05, 0.1) is 18.8 Å². The van der Waals surface area contributed by atoms with E-state index in [2.05, 4.69) is 10.6 Å². The highest BCUT2D eigenvalue weighted by Gasteiger charge is 2.15. The van der Waals surface area contributed by atoms with Gasteiger partial charge in [-0.15, -0.1) is 0 Å². The van der Waals surface area contributed by atoms with E-state index in [1.807, 2.05) is 6.92 Å². The summed E-state index contributed by atoms with van der Waals surface area (Å²) in [6, 6.07) is 0. The molecule has 3 atom stereocenters. The second kappa shape index (κ2) is 8.45. The first-order valence-corrected chi connectivity index (χ1v) is 6.85. The van der Waals surface area contributed by atoms with Crippen LogP contribution >= 0.6 is 0 Å². The fraction of sp³-hybridized carbons (Fsp3) is 0.923. The van der Waals surface area contributed by atoms with Gasteiger partial charge >= 0.3 is 0 Å². The zero-order valence-corrected chi connectivity index (χ0v) is 11.4. The Hall–Kier alpha value is -0.650. The van der Waals surface area contributed by atoms with Crippen LogP contribution < -0.4 is 10.6 Å². The van der Waals surface area contributed by atoms with Gasteiger partial charge in [-0.1, -0.05) is 6.92 Å². The van der Waals surface area contributed by atoms with Crippen LogP contribution in [-0.2, 0) is 9.53 Å². The van der Waals surface area contributed by atoms with E-state index >= 15 is 0 Å². The molecule has 0 radical (unpaired) electrons. The number of carbonyl (C=O) groups excluding carboxylic acids is 1. The molecule has 0 spiro atoms. The van der Waals surface area contributed by atoms with Crippen LogP contribution in [0, 0.1) is 5.92 Å². The third-order valence-corrected chi connectivity index (χ3v) is 3.07. The summed E-state index contributed by atoms with van der Waals surface area (Å²) >= 11 is 0. The van der Waals surface area contributed by atoms with E-state index in [-0.39, 0.29) is 18.1 Å². The zero-order valence-electron chi connectivity index (χ0n) is 11.4. The Labute approximate surface area is 109 Å². The molecule has 0 aromatic carbocycles. The van der Waals surface area contributed by atoms with E-state index in [0.717, 1.165) is 26.0 Å². The predicted octanol–water partition coefficient (Wildman–Crippen LogP) is 0.278. The lowest BCUT2D eigenvalue weighted by atomic mass is 10.1. The van der Waals surface area contributed by atoms with Gasteiger partial charge in [0.2, 0.25) is 5.91 Å². The summed E-state index contributed by atoms with van der Waals surface area (Å²) in [5, 5.41) is 15.2. The summed E-state index contributed by atoms with van der Waals surface area (Å²) in [6.45, 7) is 6.33. The van der Waals surface area contributed by atoms with E-state index in [0.29, 0.717) is 25.4 Å². The fourth-order valence-corrected chi connectivity index (χ4v) is 2.17. The maximum absolute atomic E-state index is 11.5. The van der Waals surface area contributed by atoms with Crippen molar-refractivity contribution in [3.63, 3.8) is 0 Å². The SMILES string of the molecule is CC(O)CC(C)CNC(=O)CNCC1CCCO1. The third-order valence-electron chi connectivity index (χ3n) is 3.07. The molecule has 1 aliphatic rings. The zero-order chi connectivity index (χ0) is 13.4. The number of aliphatic hydroxyl groups is 1. The van der Waals surface area contributed by atoms with Crippen LogP contribution in [0.4, 0.5) is 0 Å². The van der Waals surface area contributed by atoms with Crippen LogP contribution in [0.5, 0.6) is 0 Å². The molecular weight excluding hydrogens is 232 g/mol. The van der Waals surface area contributed by atoms with Crippen molar-refractivity contribution in [1.29, 1.82) is 0 Å². The first kappa shape index (κ1) is 15.4. The van der Waals surface area contributed by atoms with Crippen LogP contribution in [0.25, 0.3) is 0 Å². The molecule has 3 unspecified atom stereocenters. The largest absolute Gasteiger partial charge is 0.393 e. The van der Waals surface area contributed by atoms with Crippen LogP contribution in [0.15, 0.2) is 0 Å². The van der Waals surface area contributed by atoms with E-state index in [4.69, 9.17) is 4.74 Å². The van der Waals surface area contributed by atoms with Gasteiger partial charge in [-0.25, -0.2) is 0 Å². The number of carbonyl (C=O) groups is 1. The Morgan fingerprint density at radius 2 is 2.28 bits per heavy atom. The molecule has 0 aliphatic carbocycles. The smallest absolute Gasteiger partial charge is 0.233 e. The van der Waals surface area contributed by atoms with Crippen LogP contribution in [0.2, 0.25) is 0 Å². The molecule has 0 aromatic rings. The van der Waals surface area contributed by atoms with Gasteiger partial charge in [0, 0.05) is 19.7 Å². The second-order valence-corrected chi connectivity index (χ2v) is 5.26. The Balaban J connectivity index is 1.99. The van der Waals surface area contributed by atoms with Crippen LogP contribution in [0.1, 0.15) is 33.1 Å². The minimum absolute atomic E-state index is 0.00504. The summed E-state index contributed by atoms with van der Waals surface area (Å²) in [5.41, 5.74) is 0. The van der Waals surface area contributed by atoms with Gasteiger partial charge in [-0.3, -0.25) is 4.79 Å². The number of hydrogen-bond acceptors (Lipinski definition) is 4. The lowest BCUT2D eigenvalue weighted by molar-refractivity contribution is -0.120. The molecule has 5 heteroatoms. The standard InChI is InChI=1S/C13H26N2O3/c1-10(6-11(2)16)7-15-13(17)9-14-8-12-4-3-5-18-12/h10-12,14,16H,3-9H2,1-2H3,(H,15,17). The highest BCUT2D eigenvalue weighted by molar-refractivity contribution is 5.77. The molecule has 1 heterocycles. The number of nitrogens with one attached hydrogen (secondary N) is 2. The lowest BCUT2D eigenvalue weighted by Gasteiger charge is -2.15. The van der Waals surface area contributed by atoms with Gasteiger partial charge < -0.3 is 20.5 Å². The average Bonchev–Trinajstić information content (AvgIpc) is 2.78. The third kappa shape index (κ3) is 6.93. The number of aliphatic hydroxyl groups excluding tert-OH is 1. The molecule has 1 saturated heterocycles. The van der Waals surface area contributed by atoms with Gasteiger partial charge in [-0.2, -0.15) is 0 Å². The van der Waals surface area contributed by atoms with Crippen molar-refractivity contribution in [3.05, 3.63) is 0 Å². The summed E-state index contributed by atoms with van der Waals surface area (Å²) in [5.74, 6) is 0.303. The van der Waals surface area contributed by atoms with Crippen molar-refractivity contribution in [2.45, 2.75) is 45.3 Å². The molecule has 0 aromatic heterocycles. The number of hydrogen-bond donors (Lipinski definition) is 3. The Morgan fingerprint density at radius 1 is 1.50 bits per heavy atom. The van der Waals surface area contributed by atoms with E-state index in [1.165, 1.54) is 0 Å². The predicted molar refractivity (Wildman–Crippen MR) is 70.3 cm³/mol. The molecule has 3 N–H and O–H groups in total. The Kier molecular flexibility index (Phi) is 7.23. The van der Waals surface area contributed by atoms with Gasteiger partial charge in [0.25, 0.3) is 0 Å². The molecule has 1 rings (SSSR count).